The molecule has 0 aliphatic carbocycles. The molecule has 0 spiro atoms. The molecule has 0 unspecified atom stereocenters. The van der Waals surface area contributed by atoms with Gasteiger partial charge in [0.15, 0.2) is 5.11 Å². The second-order valence-electron chi connectivity index (χ2n) is 5.02. The SMILES string of the molecule is Cc1ccccc1NC(=S)NCCSCc1ccccc1C#N. The average molecular weight is 342 g/mol. The highest BCUT2D eigenvalue weighted by molar-refractivity contribution is 7.98. The van der Waals surface area contributed by atoms with Crippen molar-refractivity contribution >= 4 is 34.8 Å². The molecular weight excluding hydrogens is 322 g/mol. The summed E-state index contributed by atoms with van der Waals surface area (Å²) in [5, 5.41) is 16.1. The van der Waals surface area contributed by atoms with Crippen LogP contribution in [0.5, 0.6) is 0 Å². The Hall–Kier alpha value is -2.03. The molecule has 2 aromatic carbocycles. The molecule has 0 aliphatic heterocycles. The minimum absolute atomic E-state index is 0.636. The van der Waals surface area contributed by atoms with E-state index in [1.807, 2.05) is 55.5 Å². The van der Waals surface area contributed by atoms with Crippen LogP contribution in [0.1, 0.15) is 16.7 Å². The fraction of sp³-hybridized carbons (Fsp3) is 0.222. The van der Waals surface area contributed by atoms with Crippen LogP contribution >= 0.6 is 24.0 Å². The van der Waals surface area contributed by atoms with Gasteiger partial charge in [-0.2, -0.15) is 17.0 Å². The zero-order chi connectivity index (χ0) is 16.5. The summed E-state index contributed by atoms with van der Waals surface area (Å²) in [5.41, 5.74) is 4.03. The summed E-state index contributed by atoms with van der Waals surface area (Å²) in [6.45, 7) is 2.84. The lowest BCUT2D eigenvalue weighted by Crippen LogP contribution is -2.30. The highest BCUT2D eigenvalue weighted by Crippen LogP contribution is 2.15. The molecule has 0 aromatic heterocycles. The first-order valence-electron chi connectivity index (χ1n) is 7.37. The number of para-hydroxylation sites is 1. The quantitative estimate of drug-likeness (QED) is 0.612. The van der Waals surface area contributed by atoms with Gasteiger partial charge in [0.25, 0.3) is 0 Å². The second kappa shape index (κ2) is 9.19. The summed E-state index contributed by atoms with van der Waals surface area (Å²) in [6.07, 6.45) is 0. The molecule has 0 amide bonds. The predicted molar refractivity (Wildman–Crippen MR) is 103 cm³/mol. The van der Waals surface area contributed by atoms with E-state index in [4.69, 9.17) is 17.5 Å². The van der Waals surface area contributed by atoms with Crippen LogP contribution in [-0.2, 0) is 5.75 Å². The Bertz CT molecular complexity index is 707. The molecule has 2 aromatic rings. The molecule has 3 nitrogen and oxygen atoms in total. The first-order valence-corrected chi connectivity index (χ1v) is 8.93. The van der Waals surface area contributed by atoms with Crippen LogP contribution in [0.15, 0.2) is 48.5 Å². The number of thioether (sulfide) groups is 1. The first kappa shape index (κ1) is 17.3. The van der Waals surface area contributed by atoms with Gasteiger partial charge >= 0.3 is 0 Å². The predicted octanol–water partition coefficient (Wildman–Crippen LogP) is 4.09. The van der Waals surface area contributed by atoms with E-state index in [1.165, 1.54) is 5.56 Å². The molecule has 0 heterocycles. The number of nitriles is 1. The number of nitrogens with one attached hydrogen (secondary N) is 2. The van der Waals surface area contributed by atoms with Gasteiger partial charge in [-0.15, -0.1) is 0 Å². The monoisotopic (exact) mass is 341 g/mol. The summed E-state index contributed by atoms with van der Waals surface area (Å²) >= 11 is 7.09. The van der Waals surface area contributed by atoms with Gasteiger partial charge in [-0.25, -0.2) is 0 Å². The number of rotatable bonds is 6. The number of anilines is 1. The number of aryl methyl sites for hydroxylation is 1. The molecule has 2 rings (SSSR count). The van der Waals surface area contributed by atoms with E-state index in [1.54, 1.807) is 11.8 Å². The molecule has 5 heteroatoms. The normalized spacial score (nSPS) is 9.91. The third-order valence-electron chi connectivity index (χ3n) is 3.32. The molecule has 2 N–H and O–H groups in total. The summed E-state index contributed by atoms with van der Waals surface area (Å²) in [4.78, 5) is 0. The Balaban J connectivity index is 1.69. The molecule has 0 aliphatic rings. The number of benzene rings is 2. The van der Waals surface area contributed by atoms with Crippen molar-refractivity contribution in [3.05, 3.63) is 65.2 Å². The molecule has 0 radical (unpaired) electrons. The molecule has 0 saturated carbocycles. The van der Waals surface area contributed by atoms with Gasteiger partial charge in [0.1, 0.15) is 0 Å². The maximum absolute atomic E-state index is 9.06. The Kier molecular flexibility index (Phi) is 6.92. The van der Waals surface area contributed by atoms with E-state index >= 15 is 0 Å². The molecule has 0 atom stereocenters. The van der Waals surface area contributed by atoms with Crippen molar-refractivity contribution in [2.45, 2.75) is 12.7 Å². The van der Waals surface area contributed by atoms with Crippen molar-refractivity contribution in [2.75, 3.05) is 17.6 Å². The van der Waals surface area contributed by atoms with Gasteiger partial charge in [-0.3, -0.25) is 0 Å². The van der Waals surface area contributed by atoms with Crippen LogP contribution in [0.25, 0.3) is 0 Å². The van der Waals surface area contributed by atoms with Crippen molar-refractivity contribution in [3.8, 4) is 6.07 Å². The van der Waals surface area contributed by atoms with E-state index in [0.29, 0.717) is 5.11 Å². The van der Waals surface area contributed by atoms with E-state index in [0.717, 1.165) is 34.9 Å². The Labute approximate surface area is 147 Å². The Morgan fingerprint density at radius 3 is 2.70 bits per heavy atom. The standard InChI is InChI=1S/C18H19N3S2/c1-14-6-2-5-9-17(14)21-18(22)20-10-11-23-13-16-8-4-3-7-15(16)12-19/h2-9H,10-11,13H2,1H3,(H2,20,21,22). The van der Waals surface area contributed by atoms with Gasteiger partial charge in [-0.1, -0.05) is 36.4 Å². The van der Waals surface area contributed by atoms with Crippen LogP contribution in [0.4, 0.5) is 5.69 Å². The van der Waals surface area contributed by atoms with Crippen molar-refractivity contribution < 1.29 is 0 Å². The zero-order valence-electron chi connectivity index (χ0n) is 13.0. The molecule has 0 fully saturated rings. The summed E-state index contributed by atoms with van der Waals surface area (Å²) in [6, 6.07) is 18.0. The van der Waals surface area contributed by atoms with E-state index in [9.17, 15) is 0 Å². The Morgan fingerprint density at radius 1 is 1.17 bits per heavy atom. The summed E-state index contributed by atoms with van der Waals surface area (Å²) in [5.74, 6) is 1.76. The first-order chi connectivity index (χ1) is 11.2. The fourth-order valence-electron chi connectivity index (χ4n) is 2.05. The smallest absolute Gasteiger partial charge is 0.170 e. The molecule has 23 heavy (non-hydrogen) atoms. The summed E-state index contributed by atoms with van der Waals surface area (Å²) < 4.78 is 0. The van der Waals surface area contributed by atoms with Gasteiger partial charge in [0, 0.05) is 23.7 Å². The van der Waals surface area contributed by atoms with Crippen molar-refractivity contribution in [1.82, 2.24) is 5.32 Å². The molecule has 0 bridgehead atoms. The summed E-state index contributed by atoms with van der Waals surface area (Å²) in [7, 11) is 0. The highest BCUT2D eigenvalue weighted by atomic mass is 32.2. The second-order valence-corrected chi connectivity index (χ2v) is 6.53. The fourth-order valence-corrected chi connectivity index (χ4v) is 3.13. The maximum atomic E-state index is 9.06. The maximum Gasteiger partial charge on any atom is 0.170 e. The number of hydrogen-bond acceptors (Lipinski definition) is 3. The molecular formula is C18H19N3S2. The minimum Gasteiger partial charge on any atom is -0.362 e. The third kappa shape index (κ3) is 5.59. The van der Waals surface area contributed by atoms with Gasteiger partial charge in [0.2, 0.25) is 0 Å². The van der Waals surface area contributed by atoms with E-state index in [-0.39, 0.29) is 0 Å². The lowest BCUT2D eigenvalue weighted by molar-refractivity contribution is 0.989. The lowest BCUT2D eigenvalue weighted by Gasteiger charge is -2.12. The third-order valence-corrected chi connectivity index (χ3v) is 4.57. The zero-order valence-corrected chi connectivity index (χ0v) is 14.6. The van der Waals surface area contributed by atoms with Crippen LogP contribution in [0, 0.1) is 18.3 Å². The van der Waals surface area contributed by atoms with Crippen molar-refractivity contribution in [2.24, 2.45) is 0 Å². The average Bonchev–Trinajstić information content (AvgIpc) is 2.57. The topological polar surface area (TPSA) is 47.8 Å². The van der Waals surface area contributed by atoms with Crippen LogP contribution in [0.3, 0.4) is 0 Å². The Morgan fingerprint density at radius 2 is 1.91 bits per heavy atom. The van der Waals surface area contributed by atoms with Gasteiger partial charge in [0.05, 0.1) is 11.6 Å². The lowest BCUT2D eigenvalue weighted by atomic mass is 10.1. The van der Waals surface area contributed by atoms with Crippen LogP contribution in [0.2, 0.25) is 0 Å². The number of thiocarbonyl (C=S) groups is 1. The number of hydrogen-bond donors (Lipinski definition) is 2. The van der Waals surface area contributed by atoms with Crippen molar-refractivity contribution in [1.29, 1.82) is 5.26 Å². The molecule has 118 valence electrons. The molecule has 0 saturated heterocycles. The van der Waals surface area contributed by atoms with Gasteiger partial charge in [-0.05, 0) is 42.4 Å². The highest BCUT2D eigenvalue weighted by Gasteiger charge is 2.02. The van der Waals surface area contributed by atoms with Crippen LogP contribution < -0.4 is 10.6 Å². The number of nitrogens with zero attached hydrogens (tertiary/aromatic N) is 1. The van der Waals surface area contributed by atoms with Crippen molar-refractivity contribution in [3.63, 3.8) is 0 Å². The largest absolute Gasteiger partial charge is 0.362 e. The van der Waals surface area contributed by atoms with Crippen LogP contribution in [-0.4, -0.2) is 17.4 Å². The minimum atomic E-state index is 0.636. The van der Waals surface area contributed by atoms with Gasteiger partial charge < -0.3 is 10.6 Å². The van der Waals surface area contributed by atoms with E-state index < -0.39 is 0 Å². The van der Waals surface area contributed by atoms with E-state index in [2.05, 4.69) is 16.7 Å².